The quantitative estimate of drug-likeness (QED) is 0.0546. The number of aromatic nitrogens is 9. The van der Waals surface area contributed by atoms with E-state index in [-0.39, 0.29) is 60.7 Å². The lowest BCUT2D eigenvalue weighted by molar-refractivity contribution is -0.143. The van der Waals surface area contributed by atoms with Crippen molar-refractivity contribution in [3.05, 3.63) is 113 Å². The van der Waals surface area contributed by atoms with E-state index in [9.17, 15) is 19.8 Å². The molecule has 4 aliphatic heterocycles. The molecule has 1 spiro atoms. The third-order valence-corrected chi connectivity index (χ3v) is 18.8. The minimum Gasteiger partial charge on any atom is -0.486 e. The number of nitrogens with one attached hydrogen (secondary N) is 3. The fourth-order valence-corrected chi connectivity index (χ4v) is 14.1. The molecule has 2 bridgehead atoms. The van der Waals surface area contributed by atoms with Gasteiger partial charge in [0.2, 0.25) is 11.8 Å². The summed E-state index contributed by atoms with van der Waals surface area (Å²) in [5.74, 6) is 0.103. The van der Waals surface area contributed by atoms with Crippen molar-refractivity contribution in [2.45, 2.75) is 147 Å². The van der Waals surface area contributed by atoms with Crippen LogP contribution in [0.4, 0.5) is 10.2 Å². The van der Waals surface area contributed by atoms with Gasteiger partial charge in [-0.25, -0.2) is 9.07 Å². The van der Waals surface area contributed by atoms with Crippen LogP contribution in [0.3, 0.4) is 0 Å². The standard InChI is InChI=1S/C64H72FN13O7/c1-6-77-52(17-19-68-77)40-13-15-41(16-14-40)56(36(5)79)69-61(81)53-22-44(80)30-76(53)62(82)58(34(2)3)78-31-51(73-74-78)39-9-7-37(8-10-39)32-84-59-55(54-35(4)49(65)24-50-48(54)28-67-72-50)46(38-11-12-38)23-47-57(59)70-63(85-45-25-64(26-45)18-20-83-33-64)71-60(47)75-29-42-21-43(75)27-66-42/h7-10,13-17,19,23-24,28,31,34,36,38,42-45,53,56,58,66,79-80H,6,11-12,18,20-22,25-27,29-30,32-33H2,1-5H3,(H,67,72)(H,69,81)/t36-,42-,43-,44+,45?,53-,56-,58-,64?/m0/s1. The van der Waals surface area contributed by atoms with Crippen LogP contribution in [0, 0.1) is 24.1 Å². The van der Waals surface area contributed by atoms with Crippen LogP contribution in [-0.2, 0) is 27.5 Å². The summed E-state index contributed by atoms with van der Waals surface area (Å²) in [4.78, 5) is 43.4. The molecule has 21 heteroatoms. The third kappa shape index (κ3) is 10.1. The zero-order valence-corrected chi connectivity index (χ0v) is 48.5. The molecule has 4 aromatic heterocycles. The number of piperazine rings is 1. The molecule has 4 aromatic carbocycles. The van der Waals surface area contributed by atoms with E-state index in [1.807, 2.05) is 87.0 Å². The van der Waals surface area contributed by atoms with E-state index in [1.165, 1.54) is 11.0 Å². The van der Waals surface area contributed by atoms with Crippen molar-refractivity contribution in [2.75, 3.05) is 37.7 Å². The van der Waals surface area contributed by atoms with Crippen LogP contribution in [0.15, 0.2) is 85.3 Å². The summed E-state index contributed by atoms with van der Waals surface area (Å²) in [6, 6.07) is 19.4. The zero-order chi connectivity index (χ0) is 58.4. The number of nitrogens with zero attached hydrogens (tertiary/aromatic N) is 10. The molecule has 5 N–H and O–H groups in total. The Balaban J connectivity index is 0.745. The van der Waals surface area contributed by atoms with E-state index in [1.54, 1.807) is 30.2 Å². The minimum absolute atomic E-state index is 0.0364. The van der Waals surface area contributed by atoms with E-state index in [4.69, 9.17) is 24.2 Å². The van der Waals surface area contributed by atoms with Crippen molar-refractivity contribution < 1.29 is 38.4 Å². The Morgan fingerprint density at radius 2 is 1.78 bits per heavy atom. The van der Waals surface area contributed by atoms with Crippen molar-refractivity contribution >= 4 is 39.4 Å². The van der Waals surface area contributed by atoms with Gasteiger partial charge in [0.05, 0.1) is 48.5 Å². The highest BCUT2D eigenvalue weighted by Crippen LogP contribution is 2.54. The highest BCUT2D eigenvalue weighted by Gasteiger charge is 2.49. The number of carbonyl (C=O) groups excluding carboxylic acids is 2. The first-order valence-electron chi connectivity index (χ1n) is 30.2. The molecule has 0 radical (unpaired) electrons. The second kappa shape index (κ2) is 21.9. The van der Waals surface area contributed by atoms with Gasteiger partial charge in [-0.15, -0.1) is 5.10 Å². The molecule has 85 heavy (non-hydrogen) atoms. The van der Waals surface area contributed by atoms with Gasteiger partial charge in [0.1, 0.15) is 47.6 Å². The number of aryl methyl sites for hydroxylation is 1. The number of hydrogen-bond donors (Lipinski definition) is 5. The molecule has 2 saturated carbocycles. The van der Waals surface area contributed by atoms with Gasteiger partial charge in [0.25, 0.3) is 0 Å². The van der Waals surface area contributed by atoms with Crippen molar-refractivity contribution in [1.82, 2.24) is 60.5 Å². The first-order valence-corrected chi connectivity index (χ1v) is 30.2. The number of carbonyl (C=O) groups is 2. The van der Waals surface area contributed by atoms with Crippen LogP contribution in [0.25, 0.3) is 55.4 Å². The molecule has 2 aliphatic carbocycles. The number of hydrogen-bond acceptors (Lipinski definition) is 15. The Bertz CT molecular complexity index is 3830. The Morgan fingerprint density at radius 1 is 0.976 bits per heavy atom. The van der Waals surface area contributed by atoms with Crippen LogP contribution in [0.2, 0.25) is 0 Å². The summed E-state index contributed by atoms with van der Waals surface area (Å²) in [7, 11) is 0. The smallest absolute Gasteiger partial charge is 0.319 e. The summed E-state index contributed by atoms with van der Waals surface area (Å²) in [5.41, 5.74) is 9.13. The maximum atomic E-state index is 16.2. The topological polar surface area (TPSA) is 236 Å². The van der Waals surface area contributed by atoms with Crippen molar-refractivity contribution in [3.8, 4) is 45.4 Å². The average molecular weight is 1150 g/mol. The first kappa shape index (κ1) is 55.0. The highest BCUT2D eigenvalue weighted by molar-refractivity contribution is 6.06. The fourth-order valence-electron chi connectivity index (χ4n) is 14.1. The number of rotatable bonds is 18. The summed E-state index contributed by atoms with van der Waals surface area (Å²) in [5, 5.41) is 51.1. The number of aromatic amines is 1. The summed E-state index contributed by atoms with van der Waals surface area (Å²) >= 11 is 0. The predicted octanol–water partition coefficient (Wildman–Crippen LogP) is 8.11. The van der Waals surface area contributed by atoms with Crippen molar-refractivity contribution in [1.29, 1.82) is 0 Å². The minimum atomic E-state index is -0.995. The first-order chi connectivity index (χ1) is 41.2. The summed E-state index contributed by atoms with van der Waals surface area (Å²) in [6.45, 7) is 13.3. The van der Waals surface area contributed by atoms with Gasteiger partial charge in [0, 0.05) is 90.4 Å². The van der Waals surface area contributed by atoms with Crippen molar-refractivity contribution in [3.63, 3.8) is 0 Å². The molecular formula is C64H72FN13O7. The van der Waals surface area contributed by atoms with Gasteiger partial charge in [-0.2, -0.15) is 20.2 Å². The molecule has 2 amide bonds. The molecule has 7 atom stereocenters. The van der Waals surface area contributed by atoms with Gasteiger partial charge in [0.15, 0.2) is 5.75 Å². The Kier molecular flexibility index (Phi) is 14.2. The zero-order valence-electron chi connectivity index (χ0n) is 48.5. The maximum Gasteiger partial charge on any atom is 0.319 e. The van der Waals surface area contributed by atoms with E-state index in [2.05, 4.69) is 47.2 Å². The number of halogens is 1. The molecule has 6 aliphatic rings. The SMILES string of the molecule is CCn1nccc1-c1ccc([C@@H](NC(=O)[C@@H]2C[C@@H](O)CN2C(=O)[C@H](C(C)C)n2cc(-c3ccc(COc4c(-c5c(C)c(F)cc6[nH]ncc56)c(C5CC5)cc5c(N6C[C@@H]7C[C@H]6CN7)nc(OC6CC7(CCOC7)C6)nc45)cc3)nn2)[C@H](C)O)cc1. The summed E-state index contributed by atoms with van der Waals surface area (Å²) < 4.78 is 39.4. The number of anilines is 1. The number of benzene rings is 4. The van der Waals surface area contributed by atoms with Gasteiger partial charge >= 0.3 is 6.01 Å². The lowest BCUT2D eigenvalue weighted by Crippen LogP contribution is -2.50. The molecule has 4 saturated heterocycles. The number of ether oxygens (including phenoxy) is 3. The van der Waals surface area contributed by atoms with Crippen LogP contribution < -0.4 is 25.0 Å². The number of aliphatic hydroxyl groups is 2. The Morgan fingerprint density at radius 3 is 2.48 bits per heavy atom. The predicted molar refractivity (Wildman–Crippen MR) is 316 cm³/mol. The lowest BCUT2D eigenvalue weighted by atomic mass is 9.66. The number of amides is 2. The van der Waals surface area contributed by atoms with E-state index < -0.39 is 36.2 Å². The molecule has 0 unspecified atom stereocenters. The van der Waals surface area contributed by atoms with Crippen LogP contribution >= 0.6 is 0 Å². The van der Waals surface area contributed by atoms with Crippen molar-refractivity contribution in [2.24, 2.45) is 11.3 Å². The van der Waals surface area contributed by atoms with Gasteiger partial charge in [-0.05, 0) is 117 Å². The Hall–Kier alpha value is -7.85. The number of aliphatic hydroxyl groups excluding tert-OH is 2. The van der Waals surface area contributed by atoms with Gasteiger partial charge in [-0.1, -0.05) is 67.6 Å². The second-order valence-corrected chi connectivity index (χ2v) is 25.0. The Labute approximate surface area is 491 Å². The highest BCUT2D eigenvalue weighted by atomic mass is 19.1. The van der Waals surface area contributed by atoms with Gasteiger partial charge in [-0.3, -0.25) is 19.4 Å². The van der Waals surface area contributed by atoms with E-state index >= 15 is 4.39 Å². The summed E-state index contributed by atoms with van der Waals surface area (Å²) in [6.07, 6.45) is 9.11. The monoisotopic (exact) mass is 1150 g/mol. The third-order valence-electron chi connectivity index (χ3n) is 18.8. The second-order valence-electron chi connectivity index (χ2n) is 25.0. The molecular weight excluding hydrogens is 1080 g/mol. The molecule has 8 heterocycles. The number of β-amino-alcohol motifs (C(OH)–C–C–N with tert-alkyl or cyclic N) is 1. The largest absolute Gasteiger partial charge is 0.486 e. The number of likely N-dealkylation sites (tertiary alicyclic amines) is 1. The van der Waals surface area contributed by atoms with Crippen LogP contribution in [-0.4, -0.2) is 141 Å². The van der Waals surface area contributed by atoms with Crippen LogP contribution in [0.1, 0.15) is 113 Å². The normalized spacial score (nSPS) is 23.8. The molecule has 8 aromatic rings. The maximum absolute atomic E-state index is 16.2. The molecule has 14 rings (SSSR count). The average Bonchev–Trinajstić information content (AvgIpc) is 3.58. The van der Waals surface area contributed by atoms with E-state index in [0.717, 1.165) is 115 Å². The molecule has 442 valence electrons. The van der Waals surface area contributed by atoms with Gasteiger partial charge < -0.3 is 44.9 Å². The van der Waals surface area contributed by atoms with E-state index in [0.29, 0.717) is 57.8 Å². The molecule has 6 fully saturated rings. The lowest BCUT2D eigenvalue weighted by Gasteiger charge is -2.43. The number of fused-ring (bicyclic) bond motifs is 4. The number of H-pyrrole nitrogens is 1. The molecule has 20 nitrogen and oxygen atoms in total. The van der Waals surface area contributed by atoms with Crippen LogP contribution in [0.5, 0.6) is 11.8 Å². The fraction of sp³-hybridized carbons (Fsp3) is 0.469.